The van der Waals surface area contributed by atoms with Crippen LogP contribution in [0.25, 0.3) is 0 Å². The molecular weight excluding hydrogens is 198 g/mol. The van der Waals surface area contributed by atoms with Crippen LogP contribution >= 0.6 is 0 Å². The van der Waals surface area contributed by atoms with Gasteiger partial charge in [0.15, 0.2) is 0 Å². The van der Waals surface area contributed by atoms with Crippen molar-refractivity contribution >= 4 is 5.91 Å². The minimum absolute atomic E-state index is 0.268. The van der Waals surface area contributed by atoms with Crippen molar-refractivity contribution in [1.29, 1.82) is 0 Å². The number of carbonyl (C=O) groups is 1. The maximum Gasteiger partial charge on any atom is 0.226 e. The van der Waals surface area contributed by atoms with Gasteiger partial charge in [0.2, 0.25) is 5.91 Å². The Morgan fingerprint density at radius 3 is 2.56 bits per heavy atom. The van der Waals surface area contributed by atoms with Crippen LogP contribution in [0.15, 0.2) is 30.3 Å². The smallest absolute Gasteiger partial charge is 0.226 e. The molecule has 0 aromatic heterocycles. The largest absolute Gasteiger partial charge is 0.338 e. The van der Waals surface area contributed by atoms with Crippen molar-refractivity contribution in [1.82, 2.24) is 4.90 Å². The Labute approximate surface area is 96.3 Å². The van der Waals surface area contributed by atoms with Crippen molar-refractivity contribution < 1.29 is 4.79 Å². The van der Waals surface area contributed by atoms with Crippen molar-refractivity contribution in [3.63, 3.8) is 0 Å². The minimum Gasteiger partial charge on any atom is -0.338 e. The fourth-order valence-corrected chi connectivity index (χ4v) is 3.05. The number of hydrogen-bond donors (Lipinski definition) is 0. The van der Waals surface area contributed by atoms with Crippen LogP contribution in [0.2, 0.25) is 0 Å². The summed E-state index contributed by atoms with van der Waals surface area (Å²) in [6.07, 6.45) is 0. The average molecular weight is 215 g/mol. The Balaban J connectivity index is 1.70. The zero-order chi connectivity index (χ0) is 11.3. The highest BCUT2D eigenvalue weighted by molar-refractivity contribution is 5.86. The second-order valence-corrected chi connectivity index (χ2v) is 5.61. The number of hydrogen-bond acceptors (Lipinski definition) is 1. The van der Waals surface area contributed by atoms with Crippen LogP contribution in [0.5, 0.6) is 0 Å². The fourth-order valence-electron chi connectivity index (χ4n) is 3.05. The van der Waals surface area contributed by atoms with Gasteiger partial charge in [0.05, 0.1) is 0 Å². The van der Waals surface area contributed by atoms with Gasteiger partial charge in [0, 0.05) is 19.0 Å². The number of fused-ring (bicyclic) bond motifs is 1. The molecule has 2 atom stereocenters. The normalized spacial score (nSPS) is 30.4. The molecule has 1 amide bonds. The van der Waals surface area contributed by atoms with Gasteiger partial charge in [0.1, 0.15) is 0 Å². The molecule has 2 heteroatoms. The zero-order valence-electron chi connectivity index (χ0n) is 9.81. The standard InChI is InChI=1S/C14H17NO/c1-14(2)11-9-15(13(16)12(11)14)8-10-6-4-3-5-7-10/h3-7,11-12H,8-9H2,1-2H3/t11-,12-/m1/s1. The van der Waals surface area contributed by atoms with E-state index in [1.807, 2.05) is 23.1 Å². The lowest BCUT2D eigenvalue weighted by atomic mass is 10.1. The van der Waals surface area contributed by atoms with Crippen LogP contribution in [-0.2, 0) is 11.3 Å². The van der Waals surface area contributed by atoms with Crippen molar-refractivity contribution in [3.05, 3.63) is 35.9 Å². The van der Waals surface area contributed by atoms with E-state index in [0.717, 1.165) is 13.1 Å². The van der Waals surface area contributed by atoms with E-state index >= 15 is 0 Å². The Morgan fingerprint density at radius 2 is 2.00 bits per heavy atom. The highest BCUT2D eigenvalue weighted by Crippen LogP contribution is 2.62. The highest BCUT2D eigenvalue weighted by atomic mass is 16.2. The topological polar surface area (TPSA) is 20.3 Å². The Bertz CT molecular complexity index is 424. The first-order valence-electron chi connectivity index (χ1n) is 5.93. The van der Waals surface area contributed by atoms with Crippen LogP contribution < -0.4 is 0 Å². The van der Waals surface area contributed by atoms with Crippen LogP contribution in [0.1, 0.15) is 19.4 Å². The third-order valence-electron chi connectivity index (χ3n) is 4.26. The van der Waals surface area contributed by atoms with Gasteiger partial charge in [-0.15, -0.1) is 0 Å². The van der Waals surface area contributed by atoms with Crippen LogP contribution in [0.4, 0.5) is 0 Å². The van der Waals surface area contributed by atoms with E-state index in [2.05, 4.69) is 26.0 Å². The van der Waals surface area contributed by atoms with E-state index in [-0.39, 0.29) is 5.41 Å². The van der Waals surface area contributed by atoms with Crippen molar-refractivity contribution in [2.24, 2.45) is 17.3 Å². The molecular formula is C14H17NO. The number of amides is 1. The zero-order valence-corrected chi connectivity index (χ0v) is 9.81. The first-order valence-corrected chi connectivity index (χ1v) is 5.93. The van der Waals surface area contributed by atoms with Crippen molar-refractivity contribution in [2.45, 2.75) is 20.4 Å². The van der Waals surface area contributed by atoms with E-state index < -0.39 is 0 Å². The summed E-state index contributed by atoms with van der Waals surface area (Å²) in [5, 5.41) is 0. The van der Waals surface area contributed by atoms with E-state index in [0.29, 0.717) is 17.7 Å². The van der Waals surface area contributed by atoms with Gasteiger partial charge in [0.25, 0.3) is 0 Å². The lowest BCUT2D eigenvalue weighted by Crippen LogP contribution is -2.31. The number of carbonyl (C=O) groups excluding carboxylic acids is 1. The van der Waals surface area contributed by atoms with Crippen LogP contribution in [0, 0.1) is 17.3 Å². The lowest BCUT2D eigenvalue weighted by Gasteiger charge is -2.22. The molecule has 1 aliphatic heterocycles. The molecule has 2 nitrogen and oxygen atoms in total. The fraction of sp³-hybridized carbons (Fsp3) is 0.500. The molecule has 84 valence electrons. The monoisotopic (exact) mass is 215 g/mol. The van der Waals surface area contributed by atoms with Crippen molar-refractivity contribution in [2.75, 3.05) is 6.54 Å². The first kappa shape index (κ1) is 9.88. The maximum absolute atomic E-state index is 12.1. The molecule has 16 heavy (non-hydrogen) atoms. The molecule has 3 rings (SSSR count). The summed E-state index contributed by atoms with van der Waals surface area (Å²) in [5.41, 5.74) is 1.50. The van der Waals surface area contributed by atoms with Gasteiger partial charge >= 0.3 is 0 Å². The minimum atomic E-state index is 0.268. The second kappa shape index (κ2) is 3.09. The number of rotatable bonds is 2. The summed E-state index contributed by atoms with van der Waals surface area (Å²) >= 11 is 0. The van der Waals surface area contributed by atoms with Gasteiger partial charge < -0.3 is 4.90 Å². The Morgan fingerprint density at radius 1 is 1.31 bits per heavy atom. The van der Waals surface area contributed by atoms with E-state index in [1.165, 1.54) is 5.56 Å². The number of piperidine rings is 1. The van der Waals surface area contributed by atoms with Gasteiger partial charge in [-0.2, -0.15) is 0 Å². The van der Waals surface area contributed by atoms with Crippen LogP contribution in [-0.4, -0.2) is 17.4 Å². The molecule has 1 aromatic carbocycles. The number of nitrogens with zero attached hydrogens (tertiary/aromatic N) is 1. The van der Waals surface area contributed by atoms with Crippen molar-refractivity contribution in [3.8, 4) is 0 Å². The second-order valence-electron chi connectivity index (χ2n) is 5.61. The summed E-state index contributed by atoms with van der Waals surface area (Å²) in [4.78, 5) is 14.1. The number of likely N-dealkylation sites (tertiary alicyclic amines) is 1. The Hall–Kier alpha value is -1.31. The SMILES string of the molecule is CC1(C)[C@@H]2CN(Cc3ccccc3)C(=O)[C@@H]21. The molecule has 1 aliphatic carbocycles. The van der Waals surface area contributed by atoms with Gasteiger partial charge in [-0.05, 0) is 16.9 Å². The molecule has 0 N–H and O–H groups in total. The summed E-state index contributed by atoms with van der Waals surface area (Å²) in [6, 6.07) is 10.2. The van der Waals surface area contributed by atoms with E-state index in [9.17, 15) is 4.79 Å². The molecule has 0 spiro atoms. The maximum atomic E-state index is 12.1. The highest BCUT2D eigenvalue weighted by Gasteiger charge is 2.67. The quantitative estimate of drug-likeness (QED) is 0.741. The van der Waals surface area contributed by atoms with Crippen LogP contribution in [0.3, 0.4) is 0 Å². The first-order chi connectivity index (χ1) is 7.60. The summed E-state index contributed by atoms with van der Waals surface area (Å²) in [6.45, 7) is 6.15. The lowest BCUT2D eigenvalue weighted by molar-refractivity contribution is -0.131. The molecule has 2 aliphatic rings. The van der Waals surface area contributed by atoms with Gasteiger partial charge in [-0.1, -0.05) is 44.2 Å². The molecule has 1 aromatic rings. The third-order valence-corrected chi connectivity index (χ3v) is 4.26. The van der Waals surface area contributed by atoms with Gasteiger partial charge in [-0.3, -0.25) is 4.79 Å². The predicted molar refractivity (Wildman–Crippen MR) is 62.6 cm³/mol. The van der Waals surface area contributed by atoms with E-state index in [4.69, 9.17) is 0 Å². The predicted octanol–water partition coefficient (Wildman–Crippen LogP) is 2.30. The molecule has 2 fully saturated rings. The average Bonchev–Trinajstić information content (AvgIpc) is 2.62. The van der Waals surface area contributed by atoms with E-state index in [1.54, 1.807) is 0 Å². The molecule has 0 radical (unpaired) electrons. The molecule has 0 bridgehead atoms. The summed E-state index contributed by atoms with van der Waals surface area (Å²) < 4.78 is 0. The third kappa shape index (κ3) is 1.29. The molecule has 0 unspecified atom stereocenters. The molecule has 1 saturated carbocycles. The number of benzene rings is 1. The van der Waals surface area contributed by atoms with Gasteiger partial charge in [-0.25, -0.2) is 0 Å². The molecule has 1 heterocycles. The summed E-state index contributed by atoms with van der Waals surface area (Å²) in [5.74, 6) is 1.26. The molecule has 1 saturated heterocycles. The Kier molecular flexibility index (Phi) is 1.91. The summed E-state index contributed by atoms with van der Waals surface area (Å²) in [7, 11) is 0.